The zero-order chi connectivity index (χ0) is 17.6. The van der Waals surface area contributed by atoms with E-state index in [1.54, 1.807) is 0 Å². The fourth-order valence-electron chi connectivity index (χ4n) is 4.66. The molecule has 1 atom stereocenters. The van der Waals surface area contributed by atoms with Crippen molar-refractivity contribution >= 4 is 17.4 Å². The number of hydrogen-bond acceptors (Lipinski definition) is 1. The van der Waals surface area contributed by atoms with E-state index in [1.807, 2.05) is 30.3 Å². The Morgan fingerprint density at radius 1 is 1.00 bits per heavy atom. The Bertz CT molecular complexity index is 593. The zero-order valence-electron chi connectivity index (χ0n) is 15.5. The molecule has 1 fully saturated rings. The van der Waals surface area contributed by atoms with Crippen LogP contribution in [0.5, 0.6) is 0 Å². The van der Waals surface area contributed by atoms with Crippen LogP contribution in [0, 0.1) is 11.8 Å². The first-order valence-electron chi connectivity index (χ1n) is 10.2. The summed E-state index contributed by atoms with van der Waals surface area (Å²) in [5.41, 5.74) is 2.55. The van der Waals surface area contributed by atoms with Crippen LogP contribution in [0.15, 0.2) is 35.9 Å². The minimum atomic E-state index is 0.0337. The number of carbonyl (C=O) groups excluding carboxylic acids is 1. The summed E-state index contributed by atoms with van der Waals surface area (Å²) in [7, 11) is 0. The minimum absolute atomic E-state index is 0.0337. The Balaban J connectivity index is 1.54. The number of allylic oxidation sites excluding steroid dienone is 2. The second-order valence-electron chi connectivity index (χ2n) is 7.98. The molecule has 25 heavy (non-hydrogen) atoms. The summed E-state index contributed by atoms with van der Waals surface area (Å²) >= 11 is 5.97. The highest BCUT2D eigenvalue weighted by Crippen LogP contribution is 2.40. The number of hydrogen-bond donors (Lipinski definition) is 0. The van der Waals surface area contributed by atoms with Crippen molar-refractivity contribution in [3.05, 3.63) is 46.5 Å². The van der Waals surface area contributed by atoms with Gasteiger partial charge in [-0.2, -0.15) is 0 Å². The average molecular weight is 359 g/mol. The van der Waals surface area contributed by atoms with Crippen LogP contribution in [-0.2, 0) is 4.79 Å². The maximum absolute atomic E-state index is 12.7. The maximum Gasteiger partial charge on any atom is 0.163 e. The van der Waals surface area contributed by atoms with Crippen LogP contribution in [0.2, 0.25) is 5.02 Å². The summed E-state index contributed by atoms with van der Waals surface area (Å²) in [6, 6.07) is 7.79. The Kier molecular flexibility index (Phi) is 6.76. The Labute approximate surface area is 157 Å². The van der Waals surface area contributed by atoms with Crippen LogP contribution < -0.4 is 0 Å². The second kappa shape index (κ2) is 9.03. The monoisotopic (exact) mass is 358 g/mol. The zero-order valence-corrected chi connectivity index (χ0v) is 16.2. The van der Waals surface area contributed by atoms with E-state index >= 15 is 0 Å². The van der Waals surface area contributed by atoms with Gasteiger partial charge in [-0.1, -0.05) is 61.9 Å². The molecule has 0 aliphatic heterocycles. The lowest BCUT2D eigenvalue weighted by Gasteiger charge is -2.32. The predicted molar refractivity (Wildman–Crippen MR) is 106 cm³/mol. The number of halogens is 1. The smallest absolute Gasteiger partial charge is 0.163 e. The van der Waals surface area contributed by atoms with Gasteiger partial charge in [0, 0.05) is 10.9 Å². The van der Waals surface area contributed by atoms with Gasteiger partial charge in [0.1, 0.15) is 0 Å². The first kappa shape index (κ1) is 18.7. The molecule has 0 amide bonds. The normalized spacial score (nSPS) is 27.2. The molecule has 1 unspecified atom stereocenters. The largest absolute Gasteiger partial charge is 0.294 e. The van der Waals surface area contributed by atoms with Gasteiger partial charge in [-0.15, -0.1) is 0 Å². The summed E-state index contributed by atoms with van der Waals surface area (Å²) in [6.45, 7) is 2.28. The third-order valence-corrected chi connectivity index (χ3v) is 6.50. The van der Waals surface area contributed by atoms with Crippen LogP contribution in [0.25, 0.3) is 0 Å². The van der Waals surface area contributed by atoms with Crippen molar-refractivity contribution in [1.82, 2.24) is 0 Å². The minimum Gasteiger partial charge on any atom is -0.294 e. The molecule has 2 aliphatic carbocycles. The van der Waals surface area contributed by atoms with Crippen LogP contribution in [0.4, 0.5) is 0 Å². The number of rotatable bonds is 6. The molecule has 1 nitrogen and oxygen atoms in total. The number of ketones is 1. The van der Waals surface area contributed by atoms with Crippen molar-refractivity contribution in [2.24, 2.45) is 11.8 Å². The summed E-state index contributed by atoms with van der Waals surface area (Å²) in [4.78, 5) is 12.7. The SMILES string of the molecule is CCCCCC1CCC(C2=CC(=O)C(c3ccc(Cl)cc3)CC2)CC1. The second-order valence-corrected chi connectivity index (χ2v) is 8.41. The molecule has 1 aromatic rings. The summed E-state index contributed by atoms with van der Waals surface area (Å²) in [5, 5.41) is 0.735. The Morgan fingerprint density at radius 3 is 2.36 bits per heavy atom. The number of benzene rings is 1. The molecule has 136 valence electrons. The lowest BCUT2D eigenvalue weighted by atomic mass is 9.72. The van der Waals surface area contributed by atoms with Gasteiger partial charge in [0.05, 0.1) is 0 Å². The van der Waals surface area contributed by atoms with E-state index in [-0.39, 0.29) is 5.92 Å². The molecule has 0 radical (unpaired) electrons. The first-order chi connectivity index (χ1) is 12.2. The van der Waals surface area contributed by atoms with Gasteiger partial charge in [-0.25, -0.2) is 0 Å². The molecular weight excluding hydrogens is 328 g/mol. The summed E-state index contributed by atoms with van der Waals surface area (Å²) in [6.07, 6.45) is 14.9. The maximum atomic E-state index is 12.7. The van der Waals surface area contributed by atoms with Gasteiger partial charge in [-0.3, -0.25) is 4.79 Å². The van der Waals surface area contributed by atoms with Crippen molar-refractivity contribution in [2.75, 3.05) is 0 Å². The van der Waals surface area contributed by atoms with Crippen LogP contribution >= 0.6 is 11.6 Å². The van der Waals surface area contributed by atoms with Gasteiger partial charge >= 0.3 is 0 Å². The number of carbonyl (C=O) groups is 1. The molecule has 0 spiro atoms. The van der Waals surface area contributed by atoms with Crippen LogP contribution in [0.3, 0.4) is 0 Å². The average Bonchev–Trinajstić information content (AvgIpc) is 2.63. The highest BCUT2D eigenvalue weighted by molar-refractivity contribution is 6.30. The van der Waals surface area contributed by atoms with E-state index in [0.717, 1.165) is 29.3 Å². The third-order valence-electron chi connectivity index (χ3n) is 6.25. The van der Waals surface area contributed by atoms with Gasteiger partial charge < -0.3 is 0 Å². The van der Waals surface area contributed by atoms with Gasteiger partial charge in [0.15, 0.2) is 5.78 Å². The van der Waals surface area contributed by atoms with E-state index < -0.39 is 0 Å². The van der Waals surface area contributed by atoms with E-state index in [1.165, 1.54) is 56.9 Å². The molecule has 0 bridgehead atoms. The predicted octanol–water partition coefficient (Wildman–Crippen LogP) is 7.10. The summed E-state index contributed by atoms with van der Waals surface area (Å²) < 4.78 is 0. The van der Waals surface area contributed by atoms with Crippen molar-refractivity contribution < 1.29 is 4.79 Å². The van der Waals surface area contributed by atoms with Gasteiger partial charge in [0.25, 0.3) is 0 Å². The molecular formula is C23H31ClO. The van der Waals surface area contributed by atoms with Crippen molar-refractivity contribution in [3.63, 3.8) is 0 Å². The fourth-order valence-corrected chi connectivity index (χ4v) is 4.79. The van der Waals surface area contributed by atoms with E-state index in [4.69, 9.17) is 11.6 Å². The van der Waals surface area contributed by atoms with Crippen LogP contribution in [0.1, 0.15) is 82.6 Å². The molecule has 2 heteroatoms. The molecule has 1 aromatic carbocycles. The van der Waals surface area contributed by atoms with E-state index in [0.29, 0.717) is 11.7 Å². The van der Waals surface area contributed by atoms with Crippen molar-refractivity contribution in [2.45, 2.75) is 77.0 Å². The first-order valence-corrected chi connectivity index (χ1v) is 10.5. The lowest BCUT2D eigenvalue weighted by Crippen LogP contribution is -2.22. The van der Waals surface area contributed by atoms with Crippen molar-refractivity contribution in [3.8, 4) is 0 Å². The fraction of sp³-hybridized carbons (Fsp3) is 0.609. The molecule has 2 aliphatic rings. The number of unbranched alkanes of at least 4 members (excludes halogenated alkanes) is 2. The van der Waals surface area contributed by atoms with Crippen molar-refractivity contribution in [1.29, 1.82) is 0 Å². The topological polar surface area (TPSA) is 17.1 Å². The molecule has 3 rings (SSSR count). The quantitative estimate of drug-likeness (QED) is 0.495. The van der Waals surface area contributed by atoms with Crippen LogP contribution in [-0.4, -0.2) is 5.78 Å². The molecule has 0 heterocycles. The lowest BCUT2D eigenvalue weighted by molar-refractivity contribution is -0.116. The molecule has 0 N–H and O–H groups in total. The van der Waals surface area contributed by atoms with E-state index in [9.17, 15) is 4.79 Å². The molecule has 1 saturated carbocycles. The van der Waals surface area contributed by atoms with E-state index in [2.05, 4.69) is 6.92 Å². The standard InChI is InChI=1S/C23H31ClO/c1-2-3-4-5-17-6-8-18(9-7-17)20-12-15-22(23(25)16-20)19-10-13-21(24)14-11-19/h10-11,13-14,16-18,22H,2-9,12,15H2,1H3. The molecule has 0 aromatic heterocycles. The highest BCUT2D eigenvalue weighted by Gasteiger charge is 2.29. The summed E-state index contributed by atoms with van der Waals surface area (Å²) in [5.74, 6) is 1.93. The molecule has 0 saturated heterocycles. The third kappa shape index (κ3) is 4.97. The van der Waals surface area contributed by atoms with Gasteiger partial charge in [-0.05, 0) is 74.1 Å². The Hall–Kier alpha value is -1.08. The van der Waals surface area contributed by atoms with Gasteiger partial charge in [0.2, 0.25) is 0 Å². The Morgan fingerprint density at radius 2 is 1.72 bits per heavy atom. The highest BCUT2D eigenvalue weighted by atomic mass is 35.5.